The largest absolute Gasteiger partial charge is 0.399 e. The number of nitrogens with one attached hydrogen (secondary N) is 1. The first-order valence-electron chi connectivity index (χ1n) is 7.54. The molecule has 0 atom stereocenters. The summed E-state index contributed by atoms with van der Waals surface area (Å²) >= 11 is 6.07. The monoisotopic (exact) mass is 309 g/mol. The lowest BCUT2D eigenvalue weighted by atomic mass is 10.1. The summed E-state index contributed by atoms with van der Waals surface area (Å²) in [5, 5.41) is 3.37. The predicted octanol–water partition coefficient (Wildman–Crippen LogP) is 3.37. The molecule has 21 heavy (non-hydrogen) atoms. The molecule has 3 N–H and O–H groups in total. The highest BCUT2D eigenvalue weighted by molar-refractivity contribution is 6.33. The number of benzene rings is 1. The third-order valence-corrected chi connectivity index (χ3v) is 4.00. The average molecular weight is 310 g/mol. The van der Waals surface area contributed by atoms with Crippen molar-refractivity contribution in [2.45, 2.75) is 39.2 Å². The van der Waals surface area contributed by atoms with Gasteiger partial charge in [0.15, 0.2) is 0 Å². The molecule has 0 bridgehead atoms. The second-order valence-electron chi connectivity index (χ2n) is 6.17. The molecule has 0 aromatic heterocycles. The molecule has 0 spiro atoms. The fraction of sp³-hybridized carbons (Fsp3) is 0.562. The SMILES string of the molecule is CC(C)CCN(CC(=O)Nc1cc(N)ccc1Cl)C1CC1. The van der Waals surface area contributed by atoms with Gasteiger partial charge in [-0.2, -0.15) is 0 Å². The van der Waals surface area contributed by atoms with Gasteiger partial charge in [0.2, 0.25) is 5.91 Å². The molecule has 1 saturated carbocycles. The van der Waals surface area contributed by atoms with E-state index in [2.05, 4.69) is 24.1 Å². The quantitative estimate of drug-likeness (QED) is 0.759. The molecule has 1 aromatic rings. The van der Waals surface area contributed by atoms with Crippen molar-refractivity contribution in [3.8, 4) is 0 Å². The molecule has 0 heterocycles. The first kappa shape index (κ1) is 16.1. The van der Waals surface area contributed by atoms with Crippen molar-refractivity contribution in [2.75, 3.05) is 24.1 Å². The molecule has 1 aliphatic rings. The van der Waals surface area contributed by atoms with Gasteiger partial charge in [-0.1, -0.05) is 25.4 Å². The lowest BCUT2D eigenvalue weighted by molar-refractivity contribution is -0.117. The highest BCUT2D eigenvalue weighted by atomic mass is 35.5. The van der Waals surface area contributed by atoms with Gasteiger partial charge in [0, 0.05) is 11.7 Å². The molecule has 0 saturated heterocycles. The summed E-state index contributed by atoms with van der Waals surface area (Å²) in [5.74, 6) is 0.621. The number of hydrogen-bond donors (Lipinski definition) is 2. The number of carbonyl (C=O) groups excluding carboxylic acids is 1. The van der Waals surface area contributed by atoms with E-state index >= 15 is 0 Å². The summed E-state index contributed by atoms with van der Waals surface area (Å²) in [5.41, 5.74) is 6.90. The van der Waals surface area contributed by atoms with Crippen molar-refractivity contribution in [1.82, 2.24) is 4.90 Å². The third kappa shape index (κ3) is 5.21. The van der Waals surface area contributed by atoms with Crippen LogP contribution in [0.4, 0.5) is 11.4 Å². The van der Waals surface area contributed by atoms with Crippen LogP contribution < -0.4 is 11.1 Å². The number of hydrogen-bond acceptors (Lipinski definition) is 3. The minimum Gasteiger partial charge on any atom is -0.399 e. The Morgan fingerprint density at radius 2 is 2.19 bits per heavy atom. The van der Waals surface area contributed by atoms with Gasteiger partial charge in [-0.15, -0.1) is 0 Å². The molecule has 1 aromatic carbocycles. The van der Waals surface area contributed by atoms with Gasteiger partial charge in [0.05, 0.1) is 17.3 Å². The van der Waals surface area contributed by atoms with Crippen LogP contribution in [0, 0.1) is 5.92 Å². The molecule has 1 aliphatic carbocycles. The van der Waals surface area contributed by atoms with Crippen LogP contribution in [0.15, 0.2) is 18.2 Å². The Morgan fingerprint density at radius 3 is 2.81 bits per heavy atom. The number of nitrogens with two attached hydrogens (primary N) is 1. The molecule has 1 amide bonds. The van der Waals surface area contributed by atoms with Gasteiger partial charge >= 0.3 is 0 Å². The van der Waals surface area contributed by atoms with Crippen molar-refractivity contribution in [3.05, 3.63) is 23.2 Å². The first-order chi connectivity index (χ1) is 9.95. The molecule has 0 unspecified atom stereocenters. The van der Waals surface area contributed by atoms with E-state index in [1.807, 2.05) is 0 Å². The van der Waals surface area contributed by atoms with E-state index in [4.69, 9.17) is 17.3 Å². The van der Waals surface area contributed by atoms with Crippen molar-refractivity contribution < 1.29 is 4.79 Å². The van der Waals surface area contributed by atoms with Crippen molar-refractivity contribution in [1.29, 1.82) is 0 Å². The van der Waals surface area contributed by atoms with Crippen molar-refractivity contribution >= 4 is 28.9 Å². The maximum atomic E-state index is 12.2. The van der Waals surface area contributed by atoms with Gasteiger partial charge in [-0.05, 0) is 49.9 Å². The van der Waals surface area contributed by atoms with Crippen LogP contribution in [-0.4, -0.2) is 29.9 Å². The standard InChI is InChI=1S/C16H24ClN3O/c1-11(2)7-8-20(13-4-5-13)10-16(21)19-15-9-12(18)3-6-14(15)17/h3,6,9,11,13H,4-5,7-8,10,18H2,1-2H3,(H,19,21). The molecule has 5 heteroatoms. The molecular weight excluding hydrogens is 286 g/mol. The zero-order valence-corrected chi connectivity index (χ0v) is 13.5. The van der Waals surface area contributed by atoms with Gasteiger partial charge in [0.1, 0.15) is 0 Å². The number of anilines is 2. The van der Waals surface area contributed by atoms with Gasteiger partial charge < -0.3 is 11.1 Å². The van der Waals surface area contributed by atoms with Crippen LogP contribution in [0.25, 0.3) is 0 Å². The van der Waals surface area contributed by atoms with Crippen molar-refractivity contribution in [2.24, 2.45) is 5.92 Å². The molecule has 116 valence electrons. The lowest BCUT2D eigenvalue weighted by Gasteiger charge is -2.22. The molecule has 2 rings (SSSR count). The van der Waals surface area contributed by atoms with Crippen molar-refractivity contribution in [3.63, 3.8) is 0 Å². The maximum absolute atomic E-state index is 12.2. The van der Waals surface area contributed by atoms with E-state index in [0.29, 0.717) is 34.9 Å². The highest BCUT2D eigenvalue weighted by Crippen LogP contribution is 2.28. The smallest absolute Gasteiger partial charge is 0.238 e. The molecule has 0 radical (unpaired) electrons. The minimum atomic E-state index is -0.0295. The second kappa shape index (κ2) is 7.14. The van der Waals surface area contributed by atoms with E-state index in [1.165, 1.54) is 12.8 Å². The fourth-order valence-corrected chi connectivity index (χ4v) is 2.43. The fourth-order valence-electron chi connectivity index (χ4n) is 2.27. The van der Waals surface area contributed by atoms with E-state index in [0.717, 1.165) is 13.0 Å². The number of amides is 1. The van der Waals surface area contributed by atoms with E-state index < -0.39 is 0 Å². The Labute approximate surface area is 131 Å². The maximum Gasteiger partial charge on any atom is 0.238 e. The number of halogens is 1. The summed E-state index contributed by atoms with van der Waals surface area (Å²) in [6, 6.07) is 5.68. The van der Waals surface area contributed by atoms with Gasteiger partial charge in [0.25, 0.3) is 0 Å². The second-order valence-corrected chi connectivity index (χ2v) is 6.58. The normalized spacial score (nSPS) is 14.7. The summed E-state index contributed by atoms with van der Waals surface area (Å²) in [6.07, 6.45) is 3.51. The van der Waals surface area contributed by atoms with E-state index in [-0.39, 0.29) is 5.91 Å². The van der Waals surface area contributed by atoms with E-state index in [1.54, 1.807) is 18.2 Å². The Morgan fingerprint density at radius 1 is 1.48 bits per heavy atom. The first-order valence-corrected chi connectivity index (χ1v) is 7.92. The molecule has 4 nitrogen and oxygen atoms in total. The van der Waals surface area contributed by atoms with Gasteiger partial charge in [-0.25, -0.2) is 0 Å². The summed E-state index contributed by atoms with van der Waals surface area (Å²) in [4.78, 5) is 14.5. The number of rotatable bonds is 7. The Hall–Kier alpha value is -1.26. The number of nitrogen functional groups attached to an aromatic ring is 1. The number of carbonyl (C=O) groups is 1. The van der Waals surface area contributed by atoms with Crippen LogP contribution >= 0.6 is 11.6 Å². The van der Waals surface area contributed by atoms with Crippen LogP contribution in [0.3, 0.4) is 0 Å². The zero-order chi connectivity index (χ0) is 15.4. The van der Waals surface area contributed by atoms with Crippen LogP contribution in [0.5, 0.6) is 0 Å². The van der Waals surface area contributed by atoms with Crippen LogP contribution in [0.2, 0.25) is 5.02 Å². The average Bonchev–Trinajstić information content (AvgIpc) is 3.23. The predicted molar refractivity (Wildman–Crippen MR) is 88.5 cm³/mol. The number of nitrogens with zero attached hydrogens (tertiary/aromatic N) is 1. The Bertz CT molecular complexity index is 500. The third-order valence-electron chi connectivity index (χ3n) is 3.67. The summed E-state index contributed by atoms with van der Waals surface area (Å²) < 4.78 is 0. The lowest BCUT2D eigenvalue weighted by Crippen LogP contribution is -2.36. The summed E-state index contributed by atoms with van der Waals surface area (Å²) in [7, 11) is 0. The van der Waals surface area contributed by atoms with Crippen LogP contribution in [-0.2, 0) is 4.79 Å². The Kier molecular flexibility index (Phi) is 5.48. The molecular formula is C16H24ClN3O. The van der Waals surface area contributed by atoms with Crippen LogP contribution in [0.1, 0.15) is 33.1 Å². The summed E-state index contributed by atoms with van der Waals surface area (Å²) in [6.45, 7) is 5.80. The molecule has 1 fully saturated rings. The minimum absolute atomic E-state index is 0.0295. The topological polar surface area (TPSA) is 58.4 Å². The molecule has 0 aliphatic heterocycles. The van der Waals surface area contributed by atoms with E-state index in [9.17, 15) is 4.79 Å². The van der Waals surface area contributed by atoms with Gasteiger partial charge in [-0.3, -0.25) is 9.69 Å². The zero-order valence-electron chi connectivity index (χ0n) is 12.7. The Balaban J connectivity index is 1.91. The highest BCUT2D eigenvalue weighted by Gasteiger charge is 2.30.